The summed E-state index contributed by atoms with van der Waals surface area (Å²) >= 11 is 6.62. The zero-order chi connectivity index (χ0) is 33.9. The van der Waals surface area contributed by atoms with E-state index in [1.807, 2.05) is 49.4 Å². The summed E-state index contributed by atoms with van der Waals surface area (Å²) in [5, 5.41) is 3.67. The molecule has 0 bridgehead atoms. The Labute approximate surface area is 288 Å². The van der Waals surface area contributed by atoms with Gasteiger partial charge in [-0.3, -0.25) is 13.9 Å². The topological polar surface area (TPSA) is 96.0 Å². The maximum Gasteiger partial charge on any atom is 0.264 e. The summed E-state index contributed by atoms with van der Waals surface area (Å²) in [4.78, 5) is 30.5. The lowest BCUT2D eigenvalue weighted by Crippen LogP contribution is -2.55. The van der Waals surface area contributed by atoms with Crippen molar-refractivity contribution >= 4 is 39.1 Å². The van der Waals surface area contributed by atoms with Gasteiger partial charge in [0.2, 0.25) is 11.8 Å². The molecular formula is C38H42ClN3O5S. The molecule has 0 heterocycles. The van der Waals surface area contributed by atoms with E-state index in [2.05, 4.69) is 5.32 Å². The second-order valence-electron chi connectivity index (χ2n) is 11.9. The minimum atomic E-state index is -4.25. The number of carbonyl (C=O) groups is 2. The molecule has 0 unspecified atom stereocenters. The standard InChI is InChI=1S/C38H42ClN3O5S/c1-2-47-36-25-15-14-24-34(36)42(48(45,46)32-21-10-5-11-22-32)28-37(43)41(27-30-18-12-13-23-33(30)39)35(26-29-16-6-3-7-17-29)38(44)40-31-19-8-4-9-20-31/h3,5-7,10-18,21-25,31,35H,2,4,8-9,19-20,26-28H2,1H3,(H,40,44)/t35-/m0/s1. The number of hydrogen-bond acceptors (Lipinski definition) is 5. The second kappa shape index (κ2) is 16.7. The molecular weight excluding hydrogens is 646 g/mol. The molecule has 0 aromatic heterocycles. The molecule has 5 rings (SSSR count). The van der Waals surface area contributed by atoms with Crippen LogP contribution in [0.4, 0.5) is 5.69 Å². The fraction of sp³-hybridized carbons (Fsp3) is 0.316. The van der Waals surface area contributed by atoms with Gasteiger partial charge in [0, 0.05) is 24.0 Å². The zero-order valence-corrected chi connectivity index (χ0v) is 28.7. The van der Waals surface area contributed by atoms with Gasteiger partial charge < -0.3 is 15.0 Å². The fourth-order valence-electron chi connectivity index (χ4n) is 6.08. The number of hydrogen-bond donors (Lipinski definition) is 1. The number of para-hydroxylation sites is 2. The maximum atomic E-state index is 14.8. The van der Waals surface area contributed by atoms with Crippen molar-refractivity contribution in [2.24, 2.45) is 0 Å². The Morgan fingerprint density at radius 2 is 1.48 bits per heavy atom. The number of nitrogens with one attached hydrogen (secondary N) is 1. The summed E-state index contributed by atoms with van der Waals surface area (Å²) in [5.41, 5.74) is 1.73. The van der Waals surface area contributed by atoms with Gasteiger partial charge in [0.05, 0.1) is 17.2 Å². The number of anilines is 1. The van der Waals surface area contributed by atoms with Crippen molar-refractivity contribution < 1.29 is 22.7 Å². The summed E-state index contributed by atoms with van der Waals surface area (Å²) in [5.74, 6) is -0.514. The Morgan fingerprint density at radius 3 is 2.17 bits per heavy atom. The molecule has 252 valence electrons. The number of amides is 2. The molecule has 1 aliphatic carbocycles. The van der Waals surface area contributed by atoms with Gasteiger partial charge in [-0.25, -0.2) is 8.42 Å². The van der Waals surface area contributed by atoms with Crippen molar-refractivity contribution in [1.29, 1.82) is 0 Å². The third kappa shape index (κ3) is 8.76. The predicted molar refractivity (Wildman–Crippen MR) is 190 cm³/mol. The molecule has 0 saturated heterocycles. The first-order chi connectivity index (χ1) is 23.3. The van der Waals surface area contributed by atoms with Gasteiger partial charge in [-0.05, 0) is 61.2 Å². The highest BCUT2D eigenvalue weighted by Crippen LogP contribution is 2.33. The van der Waals surface area contributed by atoms with Crippen molar-refractivity contribution in [2.75, 3.05) is 17.5 Å². The van der Waals surface area contributed by atoms with Gasteiger partial charge >= 0.3 is 0 Å². The van der Waals surface area contributed by atoms with Gasteiger partial charge in [0.1, 0.15) is 18.3 Å². The highest BCUT2D eigenvalue weighted by atomic mass is 35.5. The number of benzene rings is 4. The Balaban J connectivity index is 1.59. The van der Waals surface area contributed by atoms with Gasteiger partial charge in [-0.15, -0.1) is 0 Å². The van der Waals surface area contributed by atoms with Crippen molar-refractivity contribution in [3.63, 3.8) is 0 Å². The number of nitrogens with zero attached hydrogens (tertiary/aromatic N) is 2. The summed E-state index contributed by atoms with van der Waals surface area (Å²) in [6, 6.07) is 30.5. The van der Waals surface area contributed by atoms with Crippen LogP contribution in [0.25, 0.3) is 0 Å². The van der Waals surface area contributed by atoms with E-state index in [1.54, 1.807) is 54.6 Å². The fourth-order valence-corrected chi connectivity index (χ4v) is 7.72. The molecule has 8 nitrogen and oxygen atoms in total. The highest BCUT2D eigenvalue weighted by Gasteiger charge is 2.36. The molecule has 4 aromatic carbocycles. The Morgan fingerprint density at radius 1 is 0.854 bits per heavy atom. The van der Waals surface area contributed by atoms with Crippen LogP contribution in [0.2, 0.25) is 5.02 Å². The average molecular weight is 688 g/mol. The highest BCUT2D eigenvalue weighted by molar-refractivity contribution is 7.92. The van der Waals surface area contributed by atoms with Crippen molar-refractivity contribution in [3.8, 4) is 5.75 Å². The first-order valence-electron chi connectivity index (χ1n) is 16.4. The molecule has 0 radical (unpaired) electrons. The SMILES string of the molecule is CCOc1ccccc1N(CC(=O)N(Cc1ccccc1Cl)[C@@H](Cc1ccccc1)C(=O)NC1CCCCC1)S(=O)(=O)c1ccccc1. The van der Waals surface area contributed by atoms with Crippen LogP contribution in [0.3, 0.4) is 0 Å². The van der Waals surface area contributed by atoms with E-state index < -0.39 is 28.5 Å². The number of ether oxygens (including phenoxy) is 1. The minimum absolute atomic E-state index is 0.000422. The minimum Gasteiger partial charge on any atom is -0.492 e. The number of rotatable bonds is 14. The summed E-state index contributed by atoms with van der Waals surface area (Å²) in [6.45, 7) is 1.53. The molecule has 10 heteroatoms. The lowest BCUT2D eigenvalue weighted by molar-refractivity contribution is -0.140. The normalized spacial score (nSPS) is 14.1. The molecule has 4 aromatic rings. The average Bonchev–Trinajstić information content (AvgIpc) is 3.11. The van der Waals surface area contributed by atoms with Gasteiger partial charge in [-0.1, -0.05) is 110 Å². The van der Waals surface area contributed by atoms with Crippen LogP contribution in [0.15, 0.2) is 114 Å². The maximum absolute atomic E-state index is 14.8. The predicted octanol–water partition coefficient (Wildman–Crippen LogP) is 7.02. The van der Waals surface area contributed by atoms with Gasteiger partial charge in [0.15, 0.2) is 0 Å². The lowest BCUT2D eigenvalue weighted by atomic mass is 9.94. The second-order valence-corrected chi connectivity index (χ2v) is 14.2. The van der Waals surface area contributed by atoms with Crippen LogP contribution < -0.4 is 14.4 Å². The molecule has 0 spiro atoms. The monoisotopic (exact) mass is 687 g/mol. The van der Waals surface area contributed by atoms with E-state index in [0.29, 0.717) is 22.9 Å². The third-order valence-corrected chi connectivity index (χ3v) is 10.7. The molecule has 1 saturated carbocycles. The van der Waals surface area contributed by atoms with E-state index in [0.717, 1.165) is 42.0 Å². The first kappa shape index (κ1) is 35.0. The summed E-state index contributed by atoms with van der Waals surface area (Å²) in [6.07, 6.45) is 5.17. The van der Waals surface area contributed by atoms with Crippen LogP contribution in [-0.2, 0) is 32.6 Å². The Kier molecular flexibility index (Phi) is 12.1. The largest absolute Gasteiger partial charge is 0.492 e. The molecule has 1 aliphatic rings. The first-order valence-corrected chi connectivity index (χ1v) is 18.3. The van der Waals surface area contributed by atoms with E-state index in [9.17, 15) is 18.0 Å². The van der Waals surface area contributed by atoms with Crippen LogP contribution in [0, 0.1) is 0 Å². The zero-order valence-electron chi connectivity index (χ0n) is 27.1. The number of halogens is 1. The molecule has 2 amide bonds. The quantitative estimate of drug-likeness (QED) is 0.154. The molecule has 48 heavy (non-hydrogen) atoms. The molecule has 1 atom stereocenters. The third-order valence-electron chi connectivity index (χ3n) is 8.57. The van der Waals surface area contributed by atoms with Crippen LogP contribution in [-0.4, -0.2) is 50.4 Å². The number of sulfonamides is 1. The van der Waals surface area contributed by atoms with Crippen molar-refractivity contribution in [1.82, 2.24) is 10.2 Å². The summed E-state index contributed by atoms with van der Waals surface area (Å²) < 4.78 is 35.5. The van der Waals surface area contributed by atoms with Crippen LogP contribution >= 0.6 is 11.6 Å². The van der Waals surface area contributed by atoms with Gasteiger partial charge in [-0.2, -0.15) is 0 Å². The van der Waals surface area contributed by atoms with Crippen LogP contribution in [0.1, 0.15) is 50.2 Å². The van der Waals surface area contributed by atoms with E-state index in [4.69, 9.17) is 16.3 Å². The van der Waals surface area contributed by atoms with Crippen LogP contribution in [0.5, 0.6) is 5.75 Å². The summed E-state index contributed by atoms with van der Waals surface area (Å²) in [7, 11) is -4.25. The smallest absolute Gasteiger partial charge is 0.264 e. The van der Waals surface area contributed by atoms with Crippen molar-refractivity contribution in [2.45, 2.75) is 69.0 Å². The van der Waals surface area contributed by atoms with Crippen molar-refractivity contribution in [3.05, 3.63) is 125 Å². The van der Waals surface area contributed by atoms with Gasteiger partial charge in [0.25, 0.3) is 10.0 Å². The van der Waals surface area contributed by atoms with E-state index >= 15 is 0 Å². The Hall–Kier alpha value is -4.34. The Bertz CT molecular complexity index is 1770. The lowest BCUT2D eigenvalue weighted by Gasteiger charge is -2.35. The molecule has 1 N–H and O–H groups in total. The van der Waals surface area contributed by atoms with E-state index in [-0.39, 0.29) is 35.5 Å². The molecule has 1 fully saturated rings. The van der Waals surface area contributed by atoms with E-state index in [1.165, 1.54) is 17.0 Å². The number of carbonyl (C=O) groups excluding carboxylic acids is 2. The molecule has 0 aliphatic heterocycles.